The second-order valence-corrected chi connectivity index (χ2v) is 3.86. The molecule has 0 saturated carbocycles. The van der Waals surface area contributed by atoms with E-state index in [4.69, 9.17) is 17.3 Å². The lowest BCUT2D eigenvalue weighted by atomic mass is 10.2. The molecule has 0 radical (unpaired) electrons. The first-order chi connectivity index (χ1) is 7.75. The molecule has 1 aliphatic rings. The van der Waals surface area contributed by atoms with E-state index in [1.54, 1.807) is 6.21 Å². The predicted molar refractivity (Wildman–Crippen MR) is 66.1 cm³/mol. The van der Waals surface area contributed by atoms with Crippen molar-refractivity contribution >= 4 is 17.8 Å². The zero-order chi connectivity index (χ0) is 11.4. The maximum atomic E-state index is 5.99. The van der Waals surface area contributed by atoms with E-state index in [-0.39, 0.29) is 12.5 Å². The second kappa shape index (κ2) is 5.12. The number of aliphatic imine (C=N–C) groups is 1. The van der Waals surface area contributed by atoms with Crippen molar-refractivity contribution in [3.8, 4) is 0 Å². The summed E-state index contributed by atoms with van der Waals surface area (Å²) in [6.07, 6.45) is 4.86. The molecule has 84 valence electrons. The zero-order valence-corrected chi connectivity index (χ0v) is 9.35. The van der Waals surface area contributed by atoms with Gasteiger partial charge in [0, 0.05) is 17.4 Å². The van der Waals surface area contributed by atoms with Crippen molar-refractivity contribution in [2.45, 2.75) is 12.5 Å². The smallest absolute Gasteiger partial charge is 0.174 e. The molecule has 2 atom stereocenters. The standard InChI is InChI=1S/C11H13ClN4/c12-9-4-1-3-8(7-9)10(13)16-11-14-5-2-6-15-11/h1-7,10-11,14,16H,13H2. The molecule has 1 aromatic rings. The van der Waals surface area contributed by atoms with Crippen LogP contribution < -0.4 is 16.4 Å². The summed E-state index contributed by atoms with van der Waals surface area (Å²) in [6, 6.07) is 7.45. The van der Waals surface area contributed by atoms with E-state index < -0.39 is 0 Å². The van der Waals surface area contributed by atoms with Crippen molar-refractivity contribution < 1.29 is 0 Å². The molecule has 0 aliphatic carbocycles. The van der Waals surface area contributed by atoms with Crippen LogP contribution in [-0.2, 0) is 0 Å². The van der Waals surface area contributed by atoms with Crippen LogP contribution in [0, 0.1) is 0 Å². The summed E-state index contributed by atoms with van der Waals surface area (Å²) in [6.45, 7) is 0. The zero-order valence-electron chi connectivity index (χ0n) is 8.60. The van der Waals surface area contributed by atoms with Crippen molar-refractivity contribution in [1.82, 2.24) is 10.6 Å². The normalized spacial score (nSPS) is 20.5. The molecule has 1 aliphatic heterocycles. The van der Waals surface area contributed by atoms with Gasteiger partial charge in [0.05, 0.1) is 6.17 Å². The van der Waals surface area contributed by atoms with Crippen LogP contribution in [0.1, 0.15) is 11.7 Å². The molecule has 2 unspecified atom stereocenters. The minimum absolute atomic E-state index is 0.195. The highest BCUT2D eigenvalue weighted by atomic mass is 35.5. The largest absolute Gasteiger partial charge is 0.358 e. The van der Waals surface area contributed by atoms with Gasteiger partial charge in [-0.2, -0.15) is 0 Å². The molecule has 4 N–H and O–H groups in total. The van der Waals surface area contributed by atoms with Gasteiger partial charge in [0.1, 0.15) is 0 Å². The van der Waals surface area contributed by atoms with Crippen LogP contribution in [0.3, 0.4) is 0 Å². The third kappa shape index (κ3) is 2.82. The molecule has 0 saturated heterocycles. The van der Waals surface area contributed by atoms with Gasteiger partial charge in [0.2, 0.25) is 0 Å². The lowest BCUT2D eigenvalue weighted by Gasteiger charge is -2.21. The van der Waals surface area contributed by atoms with Crippen LogP contribution in [0.15, 0.2) is 41.5 Å². The highest BCUT2D eigenvalue weighted by Crippen LogP contribution is 2.14. The molecule has 1 heterocycles. The van der Waals surface area contributed by atoms with E-state index in [9.17, 15) is 0 Å². The van der Waals surface area contributed by atoms with Crippen LogP contribution >= 0.6 is 11.6 Å². The fourth-order valence-electron chi connectivity index (χ4n) is 1.43. The van der Waals surface area contributed by atoms with Crippen LogP contribution in [-0.4, -0.2) is 12.5 Å². The number of hydrogen-bond acceptors (Lipinski definition) is 4. The lowest BCUT2D eigenvalue weighted by Crippen LogP contribution is -2.44. The lowest BCUT2D eigenvalue weighted by molar-refractivity contribution is 0.422. The number of nitrogens with zero attached hydrogens (tertiary/aromatic N) is 1. The Hall–Kier alpha value is -1.36. The molecule has 0 amide bonds. The molecule has 0 fully saturated rings. The van der Waals surface area contributed by atoms with Crippen molar-refractivity contribution in [3.63, 3.8) is 0 Å². The molecule has 16 heavy (non-hydrogen) atoms. The van der Waals surface area contributed by atoms with Crippen molar-refractivity contribution in [2.75, 3.05) is 0 Å². The maximum Gasteiger partial charge on any atom is 0.174 e. The van der Waals surface area contributed by atoms with Crippen molar-refractivity contribution in [3.05, 3.63) is 47.1 Å². The van der Waals surface area contributed by atoms with Crippen LogP contribution in [0.2, 0.25) is 5.02 Å². The van der Waals surface area contributed by atoms with Gasteiger partial charge in [-0.05, 0) is 23.8 Å². The number of hydrogen-bond donors (Lipinski definition) is 3. The van der Waals surface area contributed by atoms with E-state index in [2.05, 4.69) is 15.6 Å². The highest BCUT2D eigenvalue weighted by molar-refractivity contribution is 6.30. The number of rotatable bonds is 3. The summed E-state index contributed by atoms with van der Waals surface area (Å²) < 4.78 is 0. The summed E-state index contributed by atoms with van der Waals surface area (Å²) in [5.41, 5.74) is 6.92. The quantitative estimate of drug-likeness (QED) is 0.695. The fourth-order valence-corrected chi connectivity index (χ4v) is 1.62. The molecule has 0 spiro atoms. The van der Waals surface area contributed by atoms with E-state index >= 15 is 0 Å². The summed E-state index contributed by atoms with van der Waals surface area (Å²) in [4.78, 5) is 4.17. The van der Waals surface area contributed by atoms with Crippen LogP contribution in [0.5, 0.6) is 0 Å². The van der Waals surface area contributed by atoms with Gasteiger partial charge < -0.3 is 11.1 Å². The number of nitrogens with two attached hydrogens (primary N) is 1. The Balaban J connectivity index is 2.00. The van der Waals surface area contributed by atoms with Crippen molar-refractivity contribution in [1.29, 1.82) is 0 Å². The Labute approximate surface area is 99.2 Å². The summed E-state index contributed by atoms with van der Waals surface area (Å²) in [7, 11) is 0. The Kier molecular flexibility index (Phi) is 3.56. The van der Waals surface area contributed by atoms with Gasteiger partial charge in [-0.1, -0.05) is 23.7 Å². The van der Waals surface area contributed by atoms with Gasteiger partial charge in [0.15, 0.2) is 6.29 Å². The third-order valence-corrected chi connectivity index (χ3v) is 2.45. The van der Waals surface area contributed by atoms with Gasteiger partial charge >= 0.3 is 0 Å². The van der Waals surface area contributed by atoms with Crippen LogP contribution in [0.4, 0.5) is 0 Å². The average Bonchev–Trinajstić information content (AvgIpc) is 2.30. The highest BCUT2D eigenvalue weighted by Gasteiger charge is 2.11. The van der Waals surface area contributed by atoms with Gasteiger partial charge in [-0.3, -0.25) is 10.3 Å². The Morgan fingerprint density at radius 2 is 2.38 bits per heavy atom. The Morgan fingerprint density at radius 3 is 3.06 bits per heavy atom. The minimum Gasteiger partial charge on any atom is -0.358 e. The second-order valence-electron chi connectivity index (χ2n) is 3.43. The SMILES string of the molecule is NC(NC1N=CC=CN1)c1cccc(Cl)c1. The maximum absolute atomic E-state index is 5.99. The first-order valence-electron chi connectivity index (χ1n) is 4.97. The molecular formula is C11H13ClN4. The van der Waals surface area contributed by atoms with E-state index in [0.29, 0.717) is 5.02 Å². The van der Waals surface area contributed by atoms with Gasteiger partial charge in [-0.15, -0.1) is 0 Å². The number of benzene rings is 1. The molecule has 0 aromatic heterocycles. The monoisotopic (exact) mass is 236 g/mol. The molecular weight excluding hydrogens is 224 g/mol. The van der Waals surface area contributed by atoms with E-state index in [0.717, 1.165) is 5.56 Å². The average molecular weight is 237 g/mol. The first-order valence-corrected chi connectivity index (χ1v) is 5.35. The predicted octanol–water partition coefficient (Wildman–Crippen LogP) is 1.36. The molecule has 2 rings (SSSR count). The van der Waals surface area contributed by atoms with E-state index in [1.165, 1.54) is 0 Å². The first kappa shape index (κ1) is 11.1. The summed E-state index contributed by atoms with van der Waals surface area (Å²) in [5.74, 6) is 0. The van der Waals surface area contributed by atoms with Crippen molar-refractivity contribution in [2.24, 2.45) is 10.7 Å². The summed E-state index contributed by atoms with van der Waals surface area (Å²) >= 11 is 5.89. The number of nitrogens with one attached hydrogen (secondary N) is 2. The molecule has 4 nitrogen and oxygen atoms in total. The summed E-state index contributed by atoms with van der Waals surface area (Å²) in [5, 5.41) is 6.83. The topological polar surface area (TPSA) is 62.4 Å². The van der Waals surface area contributed by atoms with Crippen LogP contribution in [0.25, 0.3) is 0 Å². The Bertz CT molecular complexity index is 416. The van der Waals surface area contributed by atoms with E-state index in [1.807, 2.05) is 36.5 Å². The van der Waals surface area contributed by atoms with Gasteiger partial charge in [-0.25, -0.2) is 0 Å². The molecule has 0 bridgehead atoms. The third-order valence-electron chi connectivity index (χ3n) is 2.22. The minimum atomic E-state index is -0.306. The number of halogens is 1. The van der Waals surface area contributed by atoms with Gasteiger partial charge in [0.25, 0.3) is 0 Å². The molecule has 1 aromatic carbocycles. The number of allylic oxidation sites excluding steroid dienone is 1. The Morgan fingerprint density at radius 1 is 1.50 bits per heavy atom. The molecule has 5 heteroatoms. The fraction of sp³-hybridized carbons (Fsp3) is 0.182.